The van der Waals surface area contributed by atoms with Gasteiger partial charge in [0.15, 0.2) is 9.79 Å². The van der Waals surface area contributed by atoms with Gasteiger partial charge in [-0.1, -0.05) is 27.4 Å². The van der Waals surface area contributed by atoms with Gasteiger partial charge in [0.05, 0.1) is 16.9 Å². The first-order valence-electron chi connectivity index (χ1n) is 11.9. The number of allylic oxidation sites excluding steroid dienone is 1. The van der Waals surface area contributed by atoms with Gasteiger partial charge in [-0.05, 0) is 55.2 Å². The molecule has 3 rings (SSSR count). The maximum absolute atomic E-state index is 13.0. The number of anilines is 2. The van der Waals surface area contributed by atoms with Gasteiger partial charge in [-0.25, -0.2) is 0 Å². The molecule has 2 aromatic rings. The third-order valence-corrected chi connectivity index (χ3v) is 7.97. The smallest absolute Gasteiger partial charge is 0.416 e. The zero-order valence-corrected chi connectivity index (χ0v) is 22.0. The maximum Gasteiger partial charge on any atom is 0.416 e. The average molecular weight is 522 g/mol. The average Bonchev–Trinajstić information content (AvgIpc) is 2.81. The lowest BCUT2D eigenvalue weighted by atomic mass is 9.89. The van der Waals surface area contributed by atoms with Gasteiger partial charge < -0.3 is 20.1 Å². The zero-order chi connectivity index (χ0) is 26.8. The second kappa shape index (κ2) is 10.8. The highest BCUT2D eigenvalue weighted by atomic mass is 32.2. The maximum atomic E-state index is 13.0. The molecule has 1 saturated heterocycles. The number of alkyl halides is 3. The number of rotatable bonds is 6. The Morgan fingerprint density at radius 1 is 1.11 bits per heavy atom. The van der Waals surface area contributed by atoms with Crippen molar-refractivity contribution >= 4 is 28.5 Å². The summed E-state index contributed by atoms with van der Waals surface area (Å²) in [5, 5.41) is 0. The number of nitrogens with two attached hydrogens (primary N) is 1. The van der Waals surface area contributed by atoms with Crippen molar-refractivity contribution in [2.24, 2.45) is 11.3 Å². The Bertz CT molecular complexity index is 1090. The Balaban J connectivity index is 1.84. The van der Waals surface area contributed by atoms with Crippen LogP contribution < -0.4 is 10.6 Å². The van der Waals surface area contributed by atoms with E-state index in [2.05, 4.69) is 32.3 Å². The molecule has 1 unspecified atom stereocenters. The first-order chi connectivity index (χ1) is 16.7. The largest absolute Gasteiger partial charge is 0.606 e. The molecule has 1 heterocycles. The number of carbonyl (C=O) groups is 1. The van der Waals surface area contributed by atoms with Gasteiger partial charge in [0, 0.05) is 54.9 Å². The topological polar surface area (TPSA) is 72.6 Å². The first-order valence-corrected chi connectivity index (χ1v) is 13.0. The van der Waals surface area contributed by atoms with E-state index in [1.165, 1.54) is 12.1 Å². The lowest BCUT2D eigenvalue weighted by molar-refractivity contribution is -0.137. The van der Waals surface area contributed by atoms with E-state index in [4.69, 9.17) is 5.73 Å². The van der Waals surface area contributed by atoms with Gasteiger partial charge in [0.2, 0.25) is 5.91 Å². The minimum absolute atomic E-state index is 0.0882. The minimum atomic E-state index is -4.45. The number of nitrogens with zero attached hydrogens (tertiary/aromatic N) is 2. The molecule has 1 atom stereocenters. The number of halogens is 3. The van der Waals surface area contributed by atoms with Gasteiger partial charge in [-0.15, -0.1) is 0 Å². The van der Waals surface area contributed by atoms with E-state index in [0.717, 1.165) is 49.4 Å². The predicted octanol–water partition coefficient (Wildman–Crippen LogP) is 6.08. The predicted molar refractivity (Wildman–Crippen MR) is 138 cm³/mol. The van der Waals surface area contributed by atoms with E-state index in [0.29, 0.717) is 23.0 Å². The van der Waals surface area contributed by atoms with Crippen LogP contribution in [0.25, 0.3) is 0 Å². The van der Waals surface area contributed by atoms with Crippen molar-refractivity contribution in [2.75, 3.05) is 30.3 Å². The molecule has 0 aromatic heterocycles. The first kappa shape index (κ1) is 27.9. The summed E-state index contributed by atoms with van der Waals surface area (Å²) in [5.41, 5.74) is 7.48. The molecule has 0 spiro atoms. The zero-order valence-electron chi connectivity index (χ0n) is 21.2. The molecular formula is C27H34F3N3O2S. The summed E-state index contributed by atoms with van der Waals surface area (Å²) >= 11 is -1.68. The van der Waals surface area contributed by atoms with Crippen molar-refractivity contribution in [3.8, 4) is 0 Å². The fourth-order valence-corrected chi connectivity index (χ4v) is 5.33. The highest BCUT2D eigenvalue weighted by molar-refractivity contribution is 7.91. The van der Waals surface area contributed by atoms with Crippen LogP contribution in [0.2, 0.25) is 0 Å². The number of hydrogen-bond acceptors (Lipinski definition) is 4. The molecule has 196 valence electrons. The van der Waals surface area contributed by atoms with Gasteiger partial charge in [-0.3, -0.25) is 4.79 Å². The molecule has 2 N–H and O–H groups in total. The van der Waals surface area contributed by atoms with E-state index in [9.17, 15) is 22.5 Å². The second-order valence-electron chi connectivity index (χ2n) is 10.3. The Kier molecular flexibility index (Phi) is 8.35. The summed E-state index contributed by atoms with van der Waals surface area (Å²) in [7, 11) is 0. The molecule has 1 fully saturated rings. The van der Waals surface area contributed by atoms with Crippen LogP contribution in [0.1, 0.15) is 46.1 Å². The van der Waals surface area contributed by atoms with Crippen LogP contribution in [-0.2, 0) is 22.1 Å². The third-order valence-electron chi connectivity index (χ3n) is 6.59. The summed E-state index contributed by atoms with van der Waals surface area (Å²) in [6, 6.07) is 9.42. The van der Waals surface area contributed by atoms with Crippen LogP contribution in [-0.4, -0.2) is 35.0 Å². The molecule has 1 aliphatic rings. The number of nitrogen functional groups attached to an aromatic ring is 1. The number of hydrogen-bond donors (Lipinski definition) is 1. The van der Waals surface area contributed by atoms with E-state index >= 15 is 0 Å². The summed E-state index contributed by atoms with van der Waals surface area (Å²) in [5.74, 6) is 0.436. The van der Waals surface area contributed by atoms with Crippen LogP contribution in [0.5, 0.6) is 0 Å². The second-order valence-corrected chi connectivity index (χ2v) is 11.7. The summed E-state index contributed by atoms with van der Waals surface area (Å²) in [4.78, 5) is 16.3. The quantitative estimate of drug-likeness (QED) is 0.369. The Labute approximate surface area is 214 Å². The molecule has 0 aliphatic carbocycles. The Hall–Kier alpha value is -2.65. The van der Waals surface area contributed by atoms with E-state index < -0.39 is 22.9 Å². The van der Waals surface area contributed by atoms with Crippen molar-refractivity contribution in [3.05, 3.63) is 60.3 Å². The number of piperidine rings is 1. The van der Waals surface area contributed by atoms with Crippen molar-refractivity contribution in [1.29, 1.82) is 0 Å². The van der Waals surface area contributed by atoms with Crippen LogP contribution in [0, 0.1) is 11.3 Å². The third kappa shape index (κ3) is 6.56. The highest BCUT2D eigenvalue weighted by Gasteiger charge is 2.32. The minimum Gasteiger partial charge on any atom is -0.606 e. The SMILES string of the molecule is C=C(N(CC1CCN(C(C)=O)CC1)c1ccc([S+]([O-])c2ccc(C(F)(F)F)cc2)cc1N)C(C)(C)C. The number of amides is 1. The molecule has 1 amide bonds. The molecule has 36 heavy (non-hydrogen) atoms. The van der Waals surface area contributed by atoms with Gasteiger partial charge in [0.1, 0.15) is 0 Å². The normalized spacial score (nSPS) is 16.1. The Morgan fingerprint density at radius 2 is 1.67 bits per heavy atom. The fourth-order valence-electron chi connectivity index (χ4n) is 4.24. The summed E-state index contributed by atoms with van der Waals surface area (Å²) in [6.45, 7) is 14.3. The number of carbonyl (C=O) groups excluding carboxylic acids is 1. The lowest BCUT2D eigenvalue weighted by Gasteiger charge is -2.39. The van der Waals surface area contributed by atoms with Gasteiger partial charge in [0.25, 0.3) is 0 Å². The molecule has 1 aliphatic heterocycles. The number of likely N-dealkylation sites (tertiary alicyclic amines) is 1. The highest BCUT2D eigenvalue weighted by Crippen LogP contribution is 2.38. The molecule has 0 bridgehead atoms. The van der Waals surface area contributed by atoms with Crippen molar-refractivity contribution in [3.63, 3.8) is 0 Å². The molecular weight excluding hydrogens is 487 g/mol. The lowest BCUT2D eigenvalue weighted by Crippen LogP contribution is -2.41. The monoisotopic (exact) mass is 521 g/mol. The van der Waals surface area contributed by atoms with E-state index in [1.807, 2.05) is 4.90 Å². The van der Waals surface area contributed by atoms with Gasteiger partial charge >= 0.3 is 6.18 Å². The molecule has 9 heteroatoms. The molecule has 2 aromatic carbocycles. The molecule has 0 radical (unpaired) electrons. The van der Waals surface area contributed by atoms with Crippen LogP contribution in [0.3, 0.4) is 0 Å². The molecule has 5 nitrogen and oxygen atoms in total. The summed E-state index contributed by atoms with van der Waals surface area (Å²) < 4.78 is 51.6. The van der Waals surface area contributed by atoms with Crippen LogP contribution >= 0.6 is 0 Å². The van der Waals surface area contributed by atoms with Crippen LogP contribution in [0.4, 0.5) is 24.5 Å². The van der Waals surface area contributed by atoms with E-state index in [1.54, 1.807) is 25.1 Å². The fraction of sp³-hybridized carbons (Fsp3) is 0.444. The van der Waals surface area contributed by atoms with Crippen LogP contribution in [0.15, 0.2) is 64.5 Å². The van der Waals surface area contributed by atoms with Crippen molar-refractivity contribution in [2.45, 2.75) is 56.5 Å². The van der Waals surface area contributed by atoms with Crippen molar-refractivity contribution in [1.82, 2.24) is 4.90 Å². The summed E-state index contributed by atoms with van der Waals surface area (Å²) in [6.07, 6.45) is -2.69. The molecule has 0 saturated carbocycles. The van der Waals surface area contributed by atoms with Gasteiger partial charge in [-0.2, -0.15) is 13.2 Å². The standard InChI is InChI=1S/C27H34F3N3O2S/c1-18(26(3,4)5)33(17-20-12-14-32(15-13-20)19(2)34)25-11-10-23(16-24(25)31)36(35)22-8-6-21(7-9-22)27(28,29)30/h6-11,16,20H,1,12-15,17,31H2,2-5H3. The Morgan fingerprint density at radius 3 is 2.14 bits per heavy atom. The van der Waals surface area contributed by atoms with Crippen molar-refractivity contribution < 1.29 is 22.5 Å². The number of benzene rings is 2. The van der Waals surface area contributed by atoms with E-state index in [-0.39, 0.29) is 16.2 Å².